The minimum Gasteiger partial charge on any atom is -0.456 e. The van der Waals surface area contributed by atoms with E-state index in [0.717, 1.165) is 25.9 Å². The molecule has 0 saturated carbocycles. The summed E-state index contributed by atoms with van der Waals surface area (Å²) in [7, 11) is 0. The minimum absolute atomic E-state index is 0.0138. The van der Waals surface area contributed by atoms with E-state index in [4.69, 9.17) is 4.42 Å². The Bertz CT molecular complexity index is 869. The molecule has 9 heteroatoms. The van der Waals surface area contributed by atoms with E-state index < -0.39 is 4.92 Å². The summed E-state index contributed by atoms with van der Waals surface area (Å²) in [5.74, 6) is 0.700. The van der Waals surface area contributed by atoms with Crippen molar-refractivity contribution in [2.24, 2.45) is 0 Å². The van der Waals surface area contributed by atoms with Gasteiger partial charge in [0.15, 0.2) is 5.76 Å². The highest BCUT2D eigenvalue weighted by Gasteiger charge is 2.22. The zero-order valence-corrected chi connectivity index (χ0v) is 16.2. The number of carbonyl (C=O) groups is 2. The van der Waals surface area contributed by atoms with Crippen LogP contribution in [0.25, 0.3) is 0 Å². The van der Waals surface area contributed by atoms with Crippen molar-refractivity contribution in [3.8, 4) is 0 Å². The highest BCUT2D eigenvalue weighted by molar-refractivity contribution is 5.92. The Kier molecular flexibility index (Phi) is 6.61. The molecule has 2 heterocycles. The van der Waals surface area contributed by atoms with Gasteiger partial charge in [0.25, 0.3) is 11.6 Å². The fraction of sp³-hybridized carbons (Fsp3) is 0.400. The Morgan fingerprint density at radius 3 is 2.45 bits per heavy atom. The summed E-state index contributed by atoms with van der Waals surface area (Å²) >= 11 is 0. The summed E-state index contributed by atoms with van der Waals surface area (Å²) in [5, 5.41) is 16.4. The maximum Gasteiger partial charge on any atom is 0.287 e. The summed E-state index contributed by atoms with van der Waals surface area (Å²) in [4.78, 5) is 36.6. The average molecular weight is 400 g/mol. The number of aryl methyl sites for hydroxylation is 1. The summed E-state index contributed by atoms with van der Waals surface area (Å²) in [6, 6.07) is 9.29. The van der Waals surface area contributed by atoms with Gasteiger partial charge in [-0.15, -0.1) is 0 Å². The number of rotatable bonds is 7. The molecule has 0 unspecified atom stereocenters. The first kappa shape index (κ1) is 20.5. The third-order valence-corrected chi connectivity index (χ3v) is 4.90. The number of hydrogen-bond acceptors (Lipinski definition) is 6. The van der Waals surface area contributed by atoms with Crippen molar-refractivity contribution in [2.45, 2.75) is 32.2 Å². The monoisotopic (exact) mass is 400 g/mol. The third-order valence-electron chi connectivity index (χ3n) is 4.90. The number of nitrogens with one attached hydrogen (secondary N) is 2. The van der Waals surface area contributed by atoms with E-state index in [9.17, 15) is 19.7 Å². The van der Waals surface area contributed by atoms with Gasteiger partial charge < -0.3 is 20.0 Å². The summed E-state index contributed by atoms with van der Waals surface area (Å²) in [5.41, 5.74) is 0.523. The second-order valence-corrected chi connectivity index (χ2v) is 7.10. The smallest absolute Gasteiger partial charge is 0.287 e. The Hall–Kier alpha value is -3.20. The number of furan rings is 1. The van der Waals surface area contributed by atoms with E-state index in [-0.39, 0.29) is 23.5 Å². The van der Waals surface area contributed by atoms with Crippen LogP contribution in [0.2, 0.25) is 0 Å². The van der Waals surface area contributed by atoms with Crippen molar-refractivity contribution in [3.63, 3.8) is 0 Å². The molecule has 0 radical (unpaired) electrons. The Morgan fingerprint density at radius 2 is 1.86 bits per heavy atom. The lowest BCUT2D eigenvalue weighted by molar-refractivity contribution is -0.384. The van der Waals surface area contributed by atoms with E-state index in [1.807, 2.05) is 0 Å². The molecule has 2 aromatic rings. The fourth-order valence-electron chi connectivity index (χ4n) is 3.26. The molecule has 2 N–H and O–H groups in total. The molecule has 1 aromatic heterocycles. The Balaban J connectivity index is 1.36. The molecule has 0 atom stereocenters. The number of anilines is 1. The van der Waals surface area contributed by atoms with Gasteiger partial charge in [0.2, 0.25) is 5.91 Å². The van der Waals surface area contributed by atoms with Crippen LogP contribution in [0.1, 0.15) is 35.6 Å². The summed E-state index contributed by atoms with van der Waals surface area (Å²) in [6.45, 7) is 4.02. The quantitative estimate of drug-likeness (QED) is 0.545. The first-order valence-corrected chi connectivity index (χ1v) is 9.54. The Labute approximate surface area is 168 Å². The molecule has 1 aliphatic rings. The molecule has 9 nitrogen and oxygen atoms in total. The van der Waals surface area contributed by atoms with Crippen LogP contribution >= 0.6 is 0 Å². The fourth-order valence-corrected chi connectivity index (χ4v) is 3.26. The molecule has 0 spiro atoms. The predicted molar refractivity (Wildman–Crippen MR) is 107 cm³/mol. The van der Waals surface area contributed by atoms with Crippen molar-refractivity contribution >= 4 is 23.2 Å². The number of non-ortho nitro benzene ring substituents is 1. The van der Waals surface area contributed by atoms with Crippen LogP contribution < -0.4 is 10.6 Å². The number of carbonyl (C=O) groups excluding carboxylic acids is 2. The molecule has 29 heavy (non-hydrogen) atoms. The number of nitro groups is 1. The van der Waals surface area contributed by atoms with Gasteiger partial charge in [-0.2, -0.15) is 0 Å². The lowest BCUT2D eigenvalue weighted by atomic mass is 10.0. The van der Waals surface area contributed by atoms with Crippen molar-refractivity contribution in [1.82, 2.24) is 10.2 Å². The molecular formula is C20H24N4O5. The second kappa shape index (κ2) is 9.33. The first-order chi connectivity index (χ1) is 13.9. The molecule has 1 fully saturated rings. The van der Waals surface area contributed by atoms with Crippen LogP contribution in [-0.4, -0.2) is 47.3 Å². The number of hydrogen-bond donors (Lipinski definition) is 2. The zero-order chi connectivity index (χ0) is 20.8. The molecular weight excluding hydrogens is 376 g/mol. The SMILES string of the molecule is Cc1ccc(C(=O)NC2CCN(CCC(=O)Nc3ccc([N+](=O)[O-])cc3)CC2)o1. The van der Waals surface area contributed by atoms with Gasteiger partial charge >= 0.3 is 0 Å². The minimum atomic E-state index is -0.479. The summed E-state index contributed by atoms with van der Waals surface area (Å²) < 4.78 is 5.34. The van der Waals surface area contributed by atoms with Crippen LogP contribution in [-0.2, 0) is 4.79 Å². The number of amides is 2. The maximum atomic E-state index is 12.1. The standard InChI is InChI=1S/C20H24N4O5/c1-14-2-7-18(29-14)20(26)22-16-8-11-23(12-9-16)13-10-19(25)21-15-3-5-17(6-4-15)24(27)28/h2-7,16H,8-13H2,1H3,(H,21,25)(H,22,26). The van der Waals surface area contributed by atoms with Gasteiger partial charge in [0.05, 0.1) is 4.92 Å². The average Bonchev–Trinajstić information content (AvgIpc) is 3.14. The highest BCUT2D eigenvalue weighted by Crippen LogP contribution is 2.16. The first-order valence-electron chi connectivity index (χ1n) is 9.54. The third kappa shape index (κ3) is 5.89. The van der Waals surface area contributed by atoms with Crippen molar-refractivity contribution in [3.05, 3.63) is 58.0 Å². The van der Waals surface area contributed by atoms with E-state index in [0.29, 0.717) is 30.2 Å². The second-order valence-electron chi connectivity index (χ2n) is 7.10. The molecule has 0 aliphatic carbocycles. The van der Waals surface area contributed by atoms with Gasteiger partial charge in [-0.1, -0.05) is 0 Å². The van der Waals surface area contributed by atoms with Crippen molar-refractivity contribution in [2.75, 3.05) is 25.0 Å². The van der Waals surface area contributed by atoms with Crippen molar-refractivity contribution in [1.29, 1.82) is 0 Å². The Morgan fingerprint density at radius 1 is 1.17 bits per heavy atom. The lowest BCUT2D eigenvalue weighted by Crippen LogP contribution is -2.45. The molecule has 1 aliphatic heterocycles. The number of benzene rings is 1. The van der Waals surface area contributed by atoms with Gasteiger partial charge in [0.1, 0.15) is 5.76 Å². The van der Waals surface area contributed by atoms with E-state index >= 15 is 0 Å². The molecule has 3 rings (SSSR count). The van der Waals surface area contributed by atoms with E-state index in [1.165, 1.54) is 24.3 Å². The van der Waals surface area contributed by atoms with E-state index in [1.54, 1.807) is 19.1 Å². The van der Waals surface area contributed by atoms with Gasteiger partial charge in [-0.05, 0) is 44.0 Å². The van der Waals surface area contributed by atoms with Crippen LogP contribution in [0.3, 0.4) is 0 Å². The highest BCUT2D eigenvalue weighted by atomic mass is 16.6. The van der Waals surface area contributed by atoms with Crippen LogP contribution in [0.15, 0.2) is 40.8 Å². The number of nitro benzene ring substituents is 1. The van der Waals surface area contributed by atoms with E-state index in [2.05, 4.69) is 15.5 Å². The topological polar surface area (TPSA) is 118 Å². The van der Waals surface area contributed by atoms with Crippen LogP contribution in [0.5, 0.6) is 0 Å². The predicted octanol–water partition coefficient (Wildman–Crippen LogP) is 2.72. The molecule has 2 amide bonds. The normalized spacial score (nSPS) is 15.1. The zero-order valence-electron chi connectivity index (χ0n) is 16.2. The van der Waals surface area contributed by atoms with Gasteiger partial charge in [-0.25, -0.2) is 0 Å². The number of likely N-dealkylation sites (tertiary alicyclic amines) is 1. The molecule has 154 valence electrons. The lowest BCUT2D eigenvalue weighted by Gasteiger charge is -2.32. The number of piperidine rings is 1. The van der Waals surface area contributed by atoms with Crippen LogP contribution in [0, 0.1) is 17.0 Å². The molecule has 1 aromatic carbocycles. The summed E-state index contributed by atoms with van der Waals surface area (Å²) in [6.07, 6.45) is 1.96. The largest absolute Gasteiger partial charge is 0.456 e. The van der Waals surface area contributed by atoms with Gasteiger partial charge in [0, 0.05) is 49.9 Å². The van der Waals surface area contributed by atoms with Crippen molar-refractivity contribution < 1.29 is 18.9 Å². The number of nitrogens with zero attached hydrogens (tertiary/aromatic N) is 2. The molecule has 0 bridgehead atoms. The molecule has 1 saturated heterocycles. The maximum absolute atomic E-state index is 12.1. The van der Waals surface area contributed by atoms with Crippen LogP contribution in [0.4, 0.5) is 11.4 Å². The van der Waals surface area contributed by atoms with Gasteiger partial charge in [-0.3, -0.25) is 19.7 Å².